The van der Waals surface area contributed by atoms with E-state index in [1.54, 1.807) is 36.6 Å². The number of nitro benzene ring substituents is 1. The average molecular weight is 381 g/mol. The SMILES string of the molecule is CC(=C=Nc1ccccc1N=C/C=C/c1ccccc1[N+](=O)[O-])c1ccccc1. The van der Waals surface area contributed by atoms with Gasteiger partial charge in [-0.15, -0.1) is 0 Å². The first kappa shape index (κ1) is 19.7. The van der Waals surface area contributed by atoms with E-state index in [-0.39, 0.29) is 5.69 Å². The molecule has 0 aliphatic carbocycles. The van der Waals surface area contributed by atoms with E-state index in [0.29, 0.717) is 16.9 Å². The van der Waals surface area contributed by atoms with Crippen LogP contribution in [-0.2, 0) is 0 Å². The Bertz CT molecular complexity index is 1130. The van der Waals surface area contributed by atoms with Gasteiger partial charge in [0.2, 0.25) is 0 Å². The molecule has 3 rings (SSSR count). The van der Waals surface area contributed by atoms with Gasteiger partial charge in [-0.1, -0.05) is 54.6 Å². The van der Waals surface area contributed by atoms with Crippen molar-refractivity contribution in [1.82, 2.24) is 0 Å². The number of allylic oxidation sites excluding steroid dienone is 2. The molecule has 0 atom stereocenters. The summed E-state index contributed by atoms with van der Waals surface area (Å²) in [5.41, 5.74) is 3.96. The molecule has 29 heavy (non-hydrogen) atoms. The molecule has 0 aromatic heterocycles. The molecule has 0 saturated heterocycles. The predicted octanol–water partition coefficient (Wildman–Crippen LogP) is 6.42. The number of para-hydroxylation sites is 3. The predicted molar refractivity (Wildman–Crippen MR) is 119 cm³/mol. The lowest BCUT2D eigenvalue weighted by molar-refractivity contribution is -0.385. The minimum Gasteiger partial charge on any atom is -0.258 e. The number of rotatable bonds is 6. The van der Waals surface area contributed by atoms with Crippen molar-refractivity contribution in [1.29, 1.82) is 0 Å². The minimum absolute atomic E-state index is 0.0590. The van der Waals surface area contributed by atoms with E-state index in [2.05, 4.69) is 15.9 Å². The number of nitrogens with zero attached hydrogens (tertiary/aromatic N) is 3. The van der Waals surface area contributed by atoms with Crippen LogP contribution in [-0.4, -0.2) is 17.0 Å². The van der Waals surface area contributed by atoms with Crippen LogP contribution < -0.4 is 0 Å². The van der Waals surface area contributed by atoms with Crippen LogP contribution in [0.4, 0.5) is 17.1 Å². The molecule has 0 N–H and O–H groups in total. The Labute approximate surface area is 169 Å². The summed E-state index contributed by atoms with van der Waals surface area (Å²) in [5, 5.41) is 11.1. The maximum Gasteiger partial charge on any atom is 0.276 e. The molecule has 0 unspecified atom stereocenters. The zero-order chi connectivity index (χ0) is 20.5. The monoisotopic (exact) mass is 381 g/mol. The third kappa shape index (κ3) is 5.45. The van der Waals surface area contributed by atoms with Crippen molar-refractivity contribution in [3.05, 3.63) is 106 Å². The first-order chi connectivity index (χ1) is 14.1. The normalized spacial score (nSPS) is 10.8. The molecule has 0 fully saturated rings. The third-order valence-electron chi connectivity index (χ3n) is 4.14. The van der Waals surface area contributed by atoms with E-state index in [9.17, 15) is 10.1 Å². The van der Waals surface area contributed by atoms with Crippen LogP contribution in [0, 0.1) is 10.1 Å². The zero-order valence-electron chi connectivity index (χ0n) is 15.9. The maximum atomic E-state index is 11.1. The van der Waals surface area contributed by atoms with E-state index in [1.165, 1.54) is 6.07 Å². The lowest BCUT2D eigenvalue weighted by atomic mass is 10.1. The standard InChI is InChI=1S/C24H19N3O2/c1-19(20-10-3-2-4-11-20)18-26-23-15-7-6-14-22(23)25-17-9-13-21-12-5-8-16-24(21)27(28)29/h2-17H,1H3/b13-9+,25-17?. The van der Waals surface area contributed by atoms with E-state index in [4.69, 9.17) is 0 Å². The minimum atomic E-state index is -0.401. The van der Waals surface area contributed by atoms with Gasteiger partial charge in [0.1, 0.15) is 0 Å². The molecule has 0 radical (unpaired) electrons. The van der Waals surface area contributed by atoms with Crippen molar-refractivity contribution >= 4 is 40.8 Å². The Balaban J connectivity index is 1.81. The second kappa shape index (κ2) is 9.74. The fourth-order valence-electron chi connectivity index (χ4n) is 2.63. The lowest BCUT2D eigenvalue weighted by Gasteiger charge is -1.98. The lowest BCUT2D eigenvalue weighted by Crippen LogP contribution is -1.90. The summed E-state index contributed by atoms with van der Waals surface area (Å²) >= 11 is 0. The van der Waals surface area contributed by atoms with Crippen molar-refractivity contribution < 1.29 is 4.92 Å². The fourth-order valence-corrected chi connectivity index (χ4v) is 2.63. The summed E-state index contributed by atoms with van der Waals surface area (Å²) in [6, 6.07) is 24.0. The number of aliphatic imine (C=N–C) groups is 2. The summed E-state index contributed by atoms with van der Waals surface area (Å²) < 4.78 is 0. The van der Waals surface area contributed by atoms with Gasteiger partial charge in [-0.2, -0.15) is 0 Å². The first-order valence-corrected chi connectivity index (χ1v) is 9.04. The van der Waals surface area contributed by atoms with Gasteiger partial charge in [-0.3, -0.25) is 15.1 Å². The Morgan fingerprint density at radius 1 is 0.931 bits per heavy atom. The van der Waals surface area contributed by atoms with Crippen molar-refractivity contribution in [3.8, 4) is 0 Å². The van der Waals surface area contributed by atoms with Crippen molar-refractivity contribution in [2.75, 3.05) is 0 Å². The number of hydrogen-bond donors (Lipinski definition) is 0. The highest BCUT2D eigenvalue weighted by molar-refractivity contribution is 5.91. The molecule has 3 aromatic rings. The Kier molecular flexibility index (Phi) is 6.61. The van der Waals surface area contributed by atoms with E-state index < -0.39 is 4.92 Å². The van der Waals surface area contributed by atoms with E-state index in [0.717, 1.165) is 11.1 Å². The fraction of sp³-hybridized carbons (Fsp3) is 0.0417. The Morgan fingerprint density at radius 3 is 2.34 bits per heavy atom. The molecule has 5 heteroatoms. The van der Waals surface area contributed by atoms with Crippen LogP contribution in [0.25, 0.3) is 11.6 Å². The second-order valence-electron chi connectivity index (χ2n) is 6.16. The zero-order valence-corrected chi connectivity index (χ0v) is 15.9. The van der Waals surface area contributed by atoms with Gasteiger partial charge < -0.3 is 0 Å². The van der Waals surface area contributed by atoms with Crippen molar-refractivity contribution in [2.45, 2.75) is 6.92 Å². The molecule has 3 aromatic carbocycles. The van der Waals surface area contributed by atoms with Gasteiger partial charge >= 0.3 is 0 Å². The highest BCUT2D eigenvalue weighted by Gasteiger charge is 2.08. The molecule has 0 heterocycles. The molecule has 5 nitrogen and oxygen atoms in total. The van der Waals surface area contributed by atoms with Crippen LogP contribution in [0.5, 0.6) is 0 Å². The molecule has 0 aliphatic rings. The van der Waals surface area contributed by atoms with Crippen LogP contribution in [0.1, 0.15) is 18.1 Å². The topological polar surface area (TPSA) is 67.9 Å². The summed E-state index contributed by atoms with van der Waals surface area (Å²) in [4.78, 5) is 19.5. The van der Waals surface area contributed by atoms with Crippen LogP contribution >= 0.6 is 0 Å². The van der Waals surface area contributed by atoms with E-state index >= 15 is 0 Å². The highest BCUT2D eigenvalue weighted by atomic mass is 16.6. The Hall–Kier alpha value is -4.08. The molecule has 142 valence electrons. The number of hydrogen-bond acceptors (Lipinski definition) is 4. The first-order valence-electron chi connectivity index (χ1n) is 9.04. The molecule has 0 spiro atoms. The largest absolute Gasteiger partial charge is 0.276 e. The maximum absolute atomic E-state index is 11.1. The van der Waals surface area contributed by atoms with Crippen LogP contribution in [0.3, 0.4) is 0 Å². The van der Waals surface area contributed by atoms with Gasteiger partial charge in [0.15, 0.2) is 0 Å². The van der Waals surface area contributed by atoms with Gasteiger partial charge in [-0.05, 0) is 48.7 Å². The van der Waals surface area contributed by atoms with Crippen molar-refractivity contribution in [3.63, 3.8) is 0 Å². The van der Waals surface area contributed by atoms with Gasteiger partial charge in [0.05, 0.1) is 21.9 Å². The number of benzene rings is 3. The second-order valence-corrected chi connectivity index (χ2v) is 6.16. The number of nitro groups is 1. The quantitative estimate of drug-likeness (QED) is 0.281. The molecule has 0 bridgehead atoms. The average Bonchev–Trinajstić information content (AvgIpc) is 2.76. The summed E-state index contributed by atoms with van der Waals surface area (Å²) in [7, 11) is 0. The van der Waals surface area contributed by atoms with Gasteiger partial charge in [0.25, 0.3) is 5.69 Å². The molecule has 0 amide bonds. The van der Waals surface area contributed by atoms with Crippen LogP contribution in [0.2, 0.25) is 0 Å². The van der Waals surface area contributed by atoms with Crippen LogP contribution in [0.15, 0.2) is 94.9 Å². The smallest absolute Gasteiger partial charge is 0.258 e. The Morgan fingerprint density at radius 2 is 1.59 bits per heavy atom. The molecular weight excluding hydrogens is 362 g/mol. The van der Waals surface area contributed by atoms with Gasteiger partial charge in [0, 0.05) is 17.9 Å². The molecular formula is C24H19N3O2. The van der Waals surface area contributed by atoms with E-state index in [1.807, 2.05) is 61.5 Å². The summed E-state index contributed by atoms with van der Waals surface area (Å²) in [5.74, 6) is 3.07. The highest BCUT2D eigenvalue weighted by Crippen LogP contribution is 2.27. The van der Waals surface area contributed by atoms with Gasteiger partial charge in [-0.25, -0.2) is 4.99 Å². The van der Waals surface area contributed by atoms with Crippen molar-refractivity contribution in [2.24, 2.45) is 9.98 Å². The summed E-state index contributed by atoms with van der Waals surface area (Å²) in [6.45, 7) is 1.96. The molecule has 0 saturated carbocycles. The summed E-state index contributed by atoms with van der Waals surface area (Å²) in [6.07, 6.45) is 4.93. The molecule has 0 aliphatic heterocycles. The third-order valence-corrected chi connectivity index (χ3v) is 4.14.